The van der Waals surface area contributed by atoms with Gasteiger partial charge in [-0.05, 0) is 31.2 Å². The first kappa shape index (κ1) is 15.5. The van der Waals surface area contributed by atoms with Gasteiger partial charge in [-0.15, -0.1) is 0 Å². The fourth-order valence-electron chi connectivity index (χ4n) is 1.73. The van der Waals surface area contributed by atoms with E-state index in [9.17, 15) is 13.2 Å². The van der Waals surface area contributed by atoms with Crippen molar-refractivity contribution in [2.45, 2.75) is 26.1 Å². The van der Waals surface area contributed by atoms with Crippen molar-refractivity contribution in [3.63, 3.8) is 0 Å². The maximum Gasteiger partial charge on any atom is 0.390 e. The molecular weight excluding hydrogens is 255 g/mol. The molecular formula is C13H18F3N3. The molecule has 106 valence electrons. The van der Waals surface area contributed by atoms with E-state index in [2.05, 4.69) is 0 Å². The zero-order valence-electron chi connectivity index (χ0n) is 11.0. The smallest absolute Gasteiger partial charge is 0.384 e. The van der Waals surface area contributed by atoms with Gasteiger partial charge >= 0.3 is 6.18 Å². The molecule has 0 radical (unpaired) electrons. The quantitative estimate of drug-likeness (QED) is 0.640. The molecule has 1 rings (SSSR count). The number of benzene rings is 1. The molecule has 0 spiro atoms. The average molecular weight is 273 g/mol. The van der Waals surface area contributed by atoms with Crippen LogP contribution in [0.3, 0.4) is 0 Å². The largest absolute Gasteiger partial charge is 0.390 e. The van der Waals surface area contributed by atoms with Gasteiger partial charge in [0, 0.05) is 18.7 Å². The van der Waals surface area contributed by atoms with E-state index in [0.29, 0.717) is 12.1 Å². The first-order valence-electron chi connectivity index (χ1n) is 5.88. The molecule has 0 saturated carbocycles. The summed E-state index contributed by atoms with van der Waals surface area (Å²) in [6.07, 6.45) is -4.93. The third kappa shape index (κ3) is 5.30. The topological polar surface area (TPSA) is 53.1 Å². The number of alkyl halides is 3. The van der Waals surface area contributed by atoms with Gasteiger partial charge in [-0.1, -0.05) is 12.1 Å². The number of aryl methyl sites for hydroxylation is 1. The zero-order chi connectivity index (χ0) is 14.6. The molecule has 0 heterocycles. The lowest BCUT2D eigenvalue weighted by Gasteiger charge is -2.19. The molecule has 0 fully saturated rings. The second-order valence-electron chi connectivity index (χ2n) is 4.66. The van der Waals surface area contributed by atoms with Crippen molar-refractivity contribution in [1.82, 2.24) is 4.90 Å². The molecule has 0 saturated heterocycles. The molecule has 0 bridgehead atoms. The molecule has 1 aromatic rings. The zero-order valence-corrected chi connectivity index (χ0v) is 11.0. The van der Waals surface area contributed by atoms with Crippen molar-refractivity contribution in [2.75, 3.05) is 13.6 Å². The van der Waals surface area contributed by atoms with Crippen LogP contribution in [0.2, 0.25) is 0 Å². The van der Waals surface area contributed by atoms with E-state index in [4.69, 9.17) is 11.1 Å². The number of amidine groups is 1. The molecule has 0 amide bonds. The van der Waals surface area contributed by atoms with E-state index in [1.54, 1.807) is 30.1 Å². The van der Waals surface area contributed by atoms with E-state index >= 15 is 0 Å². The molecule has 0 aliphatic rings. The highest BCUT2D eigenvalue weighted by Gasteiger charge is 2.27. The number of nitrogens with one attached hydrogen (secondary N) is 1. The minimum absolute atomic E-state index is 0.0138. The van der Waals surface area contributed by atoms with E-state index in [1.165, 1.54) is 0 Å². The summed E-state index contributed by atoms with van der Waals surface area (Å²) in [5.41, 5.74) is 7.86. The normalized spacial score (nSPS) is 11.9. The van der Waals surface area contributed by atoms with Crippen LogP contribution >= 0.6 is 0 Å². The molecule has 0 aliphatic carbocycles. The maximum atomic E-state index is 12.1. The summed E-state index contributed by atoms with van der Waals surface area (Å²) < 4.78 is 36.3. The van der Waals surface area contributed by atoms with Gasteiger partial charge in [0.05, 0.1) is 6.42 Å². The van der Waals surface area contributed by atoms with Crippen LogP contribution in [-0.4, -0.2) is 30.5 Å². The molecule has 1 aromatic carbocycles. The Bertz CT molecular complexity index is 455. The standard InChI is InChI=1S/C13H18F3N3/c1-9-7-10(12(17)18)3-4-11(9)8-19(2)6-5-13(14,15)16/h3-4,7H,5-6,8H2,1-2H3,(H3,17,18). The second kappa shape index (κ2) is 6.06. The highest BCUT2D eigenvalue weighted by molar-refractivity contribution is 5.95. The number of hydrogen-bond donors (Lipinski definition) is 2. The number of hydrogen-bond acceptors (Lipinski definition) is 2. The lowest BCUT2D eigenvalue weighted by Crippen LogP contribution is -2.24. The lowest BCUT2D eigenvalue weighted by atomic mass is 10.0. The number of rotatable bonds is 5. The van der Waals surface area contributed by atoms with Gasteiger partial charge in [-0.2, -0.15) is 13.2 Å². The van der Waals surface area contributed by atoms with Crippen LogP contribution in [0.4, 0.5) is 13.2 Å². The van der Waals surface area contributed by atoms with Crippen molar-refractivity contribution in [1.29, 1.82) is 5.41 Å². The van der Waals surface area contributed by atoms with Gasteiger partial charge in [0.25, 0.3) is 0 Å². The Morgan fingerprint density at radius 2 is 2.00 bits per heavy atom. The van der Waals surface area contributed by atoms with Gasteiger partial charge in [-0.3, -0.25) is 5.41 Å². The third-order valence-electron chi connectivity index (χ3n) is 2.87. The number of nitrogens with two attached hydrogens (primary N) is 1. The molecule has 3 nitrogen and oxygen atoms in total. The SMILES string of the molecule is Cc1cc(C(=N)N)ccc1CN(C)CCC(F)(F)F. The number of nitrogen functional groups attached to an aromatic ring is 1. The van der Waals surface area contributed by atoms with Crippen LogP contribution in [0.15, 0.2) is 18.2 Å². The molecule has 19 heavy (non-hydrogen) atoms. The van der Waals surface area contributed by atoms with Gasteiger partial charge in [0.1, 0.15) is 5.84 Å². The summed E-state index contributed by atoms with van der Waals surface area (Å²) in [5.74, 6) is -0.0138. The number of halogens is 3. The second-order valence-corrected chi connectivity index (χ2v) is 4.66. The highest BCUT2D eigenvalue weighted by atomic mass is 19.4. The first-order valence-corrected chi connectivity index (χ1v) is 5.88. The summed E-state index contributed by atoms with van der Waals surface area (Å²) in [7, 11) is 1.66. The Kier molecular flexibility index (Phi) is 4.94. The summed E-state index contributed by atoms with van der Waals surface area (Å²) in [6.45, 7) is 2.27. The highest BCUT2D eigenvalue weighted by Crippen LogP contribution is 2.20. The summed E-state index contributed by atoms with van der Waals surface area (Å²) in [5, 5.41) is 7.32. The van der Waals surface area contributed by atoms with Gasteiger partial charge in [0.15, 0.2) is 0 Å². The fourth-order valence-corrected chi connectivity index (χ4v) is 1.73. The lowest BCUT2D eigenvalue weighted by molar-refractivity contribution is -0.137. The van der Waals surface area contributed by atoms with Gasteiger partial charge in [0.2, 0.25) is 0 Å². The third-order valence-corrected chi connectivity index (χ3v) is 2.87. The fraction of sp³-hybridized carbons (Fsp3) is 0.462. The Morgan fingerprint density at radius 1 is 1.37 bits per heavy atom. The predicted molar refractivity (Wildman–Crippen MR) is 69.2 cm³/mol. The Morgan fingerprint density at radius 3 is 2.47 bits per heavy atom. The van der Waals surface area contributed by atoms with Crippen LogP contribution < -0.4 is 5.73 Å². The van der Waals surface area contributed by atoms with E-state index < -0.39 is 12.6 Å². The van der Waals surface area contributed by atoms with E-state index in [-0.39, 0.29) is 12.4 Å². The Balaban J connectivity index is 2.64. The number of nitrogens with zero attached hydrogens (tertiary/aromatic N) is 1. The van der Waals surface area contributed by atoms with Crippen molar-refractivity contribution < 1.29 is 13.2 Å². The molecule has 0 atom stereocenters. The molecule has 0 aromatic heterocycles. The Labute approximate surface area is 110 Å². The van der Waals surface area contributed by atoms with Crippen LogP contribution in [-0.2, 0) is 6.54 Å². The van der Waals surface area contributed by atoms with Crippen LogP contribution in [0.5, 0.6) is 0 Å². The van der Waals surface area contributed by atoms with E-state index in [0.717, 1.165) is 11.1 Å². The predicted octanol–water partition coefficient (Wildman–Crippen LogP) is 2.66. The van der Waals surface area contributed by atoms with Crippen LogP contribution in [0.1, 0.15) is 23.1 Å². The van der Waals surface area contributed by atoms with Crippen LogP contribution in [0.25, 0.3) is 0 Å². The van der Waals surface area contributed by atoms with Crippen molar-refractivity contribution in [3.05, 3.63) is 34.9 Å². The molecule has 3 N–H and O–H groups in total. The van der Waals surface area contributed by atoms with Gasteiger partial charge in [-0.25, -0.2) is 0 Å². The van der Waals surface area contributed by atoms with Gasteiger partial charge < -0.3 is 10.6 Å². The van der Waals surface area contributed by atoms with E-state index in [1.807, 2.05) is 6.92 Å². The summed E-state index contributed by atoms with van der Waals surface area (Å²) in [6, 6.07) is 5.29. The average Bonchev–Trinajstić information content (AvgIpc) is 2.28. The molecule has 0 aliphatic heterocycles. The first-order chi connectivity index (χ1) is 8.69. The van der Waals surface area contributed by atoms with Crippen molar-refractivity contribution in [2.24, 2.45) is 5.73 Å². The monoisotopic (exact) mass is 273 g/mol. The molecule has 0 unspecified atom stereocenters. The van der Waals surface area contributed by atoms with Crippen molar-refractivity contribution in [3.8, 4) is 0 Å². The maximum absolute atomic E-state index is 12.1. The Hall–Kier alpha value is -1.56. The van der Waals surface area contributed by atoms with Crippen LogP contribution in [0, 0.1) is 12.3 Å². The summed E-state index contributed by atoms with van der Waals surface area (Å²) >= 11 is 0. The summed E-state index contributed by atoms with van der Waals surface area (Å²) in [4.78, 5) is 1.63. The molecule has 6 heteroatoms. The minimum atomic E-state index is -4.12. The minimum Gasteiger partial charge on any atom is -0.384 e. The van der Waals surface area contributed by atoms with Crippen molar-refractivity contribution >= 4 is 5.84 Å².